The Balaban J connectivity index is 1.73. The van der Waals surface area contributed by atoms with Crippen molar-refractivity contribution in [3.05, 3.63) is 51.2 Å². The average Bonchev–Trinajstić information content (AvgIpc) is 2.83. The molecule has 7 nitrogen and oxygen atoms in total. The molecule has 8 heteroatoms. The standard InChI is InChI=1S/C12H16ClN5O2/c13-11-2-1-10(8-16-11)7-14-3-5-17-6-4-15-12(17)9-18(19)20/h1-2,8-9,14-15H,3-7H2/b12-9-. The molecule has 1 aliphatic rings. The van der Waals surface area contributed by atoms with E-state index in [9.17, 15) is 10.1 Å². The summed E-state index contributed by atoms with van der Waals surface area (Å²) in [5.74, 6) is 0.574. The molecule has 1 aromatic heterocycles. The Morgan fingerprint density at radius 2 is 2.45 bits per heavy atom. The molecule has 0 saturated carbocycles. The average molecular weight is 298 g/mol. The lowest BCUT2D eigenvalue weighted by atomic mass is 10.3. The van der Waals surface area contributed by atoms with Gasteiger partial charge < -0.3 is 15.5 Å². The van der Waals surface area contributed by atoms with Crippen LogP contribution in [0.3, 0.4) is 0 Å². The van der Waals surface area contributed by atoms with Gasteiger partial charge in [-0.05, 0) is 11.6 Å². The van der Waals surface area contributed by atoms with E-state index >= 15 is 0 Å². The molecular weight excluding hydrogens is 282 g/mol. The Kier molecular flexibility index (Phi) is 5.14. The summed E-state index contributed by atoms with van der Waals surface area (Å²) in [6.45, 7) is 3.66. The molecule has 0 radical (unpaired) electrons. The Morgan fingerprint density at radius 1 is 1.60 bits per heavy atom. The second kappa shape index (κ2) is 7.06. The number of hydrogen-bond donors (Lipinski definition) is 2. The highest BCUT2D eigenvalue weighted by molar-refractivity contribution is 6.29. The van der Waals surface area contributed by atoms with E-state index in [1.165, 1.54) is 0 Å². The highest BCUT2D eigenvalue weighted by atomic mass is 35.5. The predicted octanol–water partition coefficient (Wildman–Crippen LogP) is 0.805. The van der Waals surface area contributed by atoms with Gasteiger partial charge in [-0.25, -0.2) is 4.98 Å². The van der Waals surface area contributed by atoms with E-state index in [2.05, 4.69) is 15.6 Å². The quantitative estimate of drug-likeness (QED) is 0.350. The van der Waals surface area contributed by atoms with Crippen molar-refractivity contribution in [3.8, 4) is 0 Å². The van der Waals surface area contributed by atoms with Crippen LogP contribution in [-0.4, -0.2) is 41.0 Å². The minimum absolute atomic E-state index is 0.437. The van der Waals surface area contributed by atoms with Crippen molar-refractivity contribution in [1.82, 2.24) is 20.5 Å². The zero-order valence-electron chi connectivity index (χ0n) is 10.9. The molecule has 2 rings (SSSR count). The van der Waals surface area contributed by atoms with Gasteiger partial charge in [0.05, 0.1) is 4.92 Å². The summed E-state index contributed by atoms with van der Waals surface area (Å²) in [5, 5.41) is 17.2. The van der Waals surface area contributed by atoms with Crippen LogP contribution < -0.4 is 10.6 Å². The van der Waals surface area contributed by atoms with Crippen LogP contribution in [0, 0.1) is 10.1 Å². The first-order valence-electron chi connectivity index (χ1n) is 6.30. The highest BCUT2D eigenvalue weighted by Gasteiger charge is 2.18. The van der Waals surface area contributed by atoms with Crippen molar-refractivity contribution in [1.29, 1.82) is 0 Å². The lowest BCUT2D eigenvalue weighted by molar-refractivity contribution is -0.404. The molecule has 1 fully saturated rings. The summed E-state index contributed by atoms with van der Waals surface area (Å²) >= 11 is 5.71. The molecule has 0 unspecified atom stereocenters. The normalized spacial score (nSPS) is 16.4. The minimum atomic E-state index is -0.437. The van der Waals surface area contributed by atoms with E-state index in [4.69, 9.17) is 11.6 Å². The molecule has 0 bridgehead atoms. The van der Waals surface area contributed by atoms with Gasteiger partial charge in [-0.3, -0.25) is 10.1 Å². The van der Waals surface area contributed by atoms with Crippen LogP contribution in [0.25, 0.3) is 0 Å². The third kappa shape index (κ3) is 4.36. The fourth-order valence-corrected chi connectivity index (χ4v) is 2.08. The van der Waals surface area contributed by atoms with Crippen molar-refractivity contribution in [2.75, 3.05) is 26.2 Å². The molecule has 0 aliphatic carbocycles. The van der Waals surface area contributed by atoms with E-state index in [1.807, 2.05) is 11.0 Å². The van der Waals surface area contributed by atoms with Crippen LogP contribution in [0.15, 0.2) is 30.4 Å². The van der Waals surface area contributed by atoms with Crippen LogP contribution in [0.5, 0.6) is 0 Å². The van der Waals surface area contributed by atoms with E-state index < -0.39 is 4.92 Å². The number of rotatable bonds is 6. The minimum Gasteiger partial charge on any atom is -0.365 e. The first-order chi connectivity index (χ1) is 9.65. The molecule has 0 spiro atoms. The number of nitro groups is 1. The van der Waals surface area contributed by atoms with Gasteiger partial charge in [-0.2, -0.15) is 0 Å². The fourth-order valence-electron chi connectivity index (χ4n) is 1.97. The van der Waals surface area contributed by atoms with E-state index in [1.54, 1.807) is 12.3 Å². The molecule has 1 aliphatic heterocycles. The molecule has 108 valence electrons. The Labute approximate surface area is 121 Å². The summed E-state index contributed by atoms with van der Waals surface area (Å²) < 4.78 is 0. The van der Waals surface area contributed by atoms with Gasteiger partial charge >= 0.3 is 0 Å². The maximum absolute atomic E-state index is 10.5. The molecule has 1 aromatic rings. The van der Waals surface area contributed by atoms with Gasteiger partial charge in [0.25, 0.3) is 6.20 Å². The van der Waals surface area contributed by atoms with Crippen LogP contribution in [0.2, 0.25) is 5.15 Å². The van der Waals surface area contributed by atoms with Crippen LogP contribution in [0.4, 0.5) is 0 Å². The number of hydrogen-bond acceptors (Lipinski definition) is 6. The number of nitrogens with zero attached hydrogens (tertiary/aromatic N) is 3. The zero-order valence-corrected chi connectivity index (χ0v) is 11.6. The highest BCUT2D eigenvalue weighted by Crippen LogP contribution is 2.07. The number of nitrogens with one attached hydrogen (secondary N) is 2. The van der Waals surface area contributed by atoms with Crippen LogP contribution in [0.1, 0.15) is 5.56 Å². The Hall–Kier alpha value is -1.86. The van der Waals surface area contributed by atoms with Gasteiger partial charge in [0.15, 0.2) is 5.82 Å². The molecule has 20 heavy (non-hydrogen) atoms. The van der Waals surface area contributed by atoms with Gasteiger partial charge in [-0.1, -0.05) is 17.7 Å². The number of halogens is 1. The monoisotopic (exact) mass is 297 g/mol. The van der Waals surface area contributed by atoms with Gasteiger partial charge in [0.1, 0.15) is 5.15 Å². The van der Waals surface area contributed by atoms with Crippen molar-refractivity contribution in [2.24, 2.45) is 0 Å². The van der Waals surface area contributed by atoms with Crippen LogP contribution >= 0.6 is 11.6 Å². The third-order valence-corrected chi connectivity index (χ3v) is 3.16. The number of pyridine rings is 1. The largest absolute Gasteiger partial charge is 0.365 e. The molecule has 2 N–H and O–H groups in total. The molecule has 0 atom stereocenters. The summed E-state index contributed by atoms with van der Waals surface area (Å²) in [6, 6.07) is 3.67. The SMILES string of the molecule is O=[N+]([O-])/C=C1/NCCN1CCNCc1ccc(Cl)nc1. The summed E-state index contributed by atoms with van der Waals surface area (Å²) in [5.41, 5.74) is 1.05. The lowest BCUT2D eigenvalue weighted by Gasteiger charge is -2.17. The van der Waals surface area contributed by atoms with Crippen molar-refractivity contribution < 1.29 is 4.92 Å². The third-order valence-electron chi connectivity index (χ3n) is 2.93. The summed E-state index contributed by atoms with van der Waals surface area (Å²) in [7, 11) is 0. The zero-order chi connectivity index (χ0) is 14.4. The van der Waals surface area contributed by atoms with Crippen molar-refractivity contribution in [3.63, 3.8) is 0 Å². The lowest BCUT2D eigenvalue weighted by Crippen LogP contribution is -2.30. The number of aromatic nitrogens is 1. The Morgan fingerprint density at radius 3 is 3.15 bits per heavy atom. The van der Waals surface area contributed by atoms with E-state index in [0.29, 0.717) is 24.1 Å². The van der Waals surface area contributed by atoms with Crippen molar-refractivity contribution >= 4 is 11.6 Å². The summed E-state index contributed by atoms with van der Waals surface area (Å²) in [6.07, 6.45) is 2.74. The molecule has 1 saturated heterocycles. The van der Waals surface area contributed by atoms with Gasteiger partial charge in [0, 0.05) is 38.9 Å². The second-order valence-electron chi connectivity index (χ2n) is 4.38. The van der Waals surface area contributed by atoms with Gasteiger partial charge in [-0.15, -0.1) is 0 Å². The molecular formula is C12H16ClN5O2. The molecule has 0 amide bonds. The smallest absolute Gasteiger partial charge is 0.274 e. The topological polar surface area (TPSA) is 83.3 Å². The maximum atomic E-state index is 10.5. The van der Waals surface area contributed by atoms with Crippen molar-refractivity contribution in [2.45, 2.75) is 6.54 Å². The van der Waals surface area contributed by atoms with E-state index in [0.717, 1.165) is 31.4 Å². The summed E-state index contributed by atoms with van der Waals surface area (Å²) in [4.78, 5) is 16.0. The predicted molar refractivity (Wildman–Crippen MR) is 75.6 cm³/mol. The van der Waals surface area contributed by atoms with Gasteiger partial charge in [0.2, 0.25) is 0 Å². The second-order valence-corrected chi connectivity index (χ2v) is 4.77. The molecule has 2 heterocycles. The fraction of sp³-hybridized carbons (Fsp3) is 0.417. The van der Waals surface area contributed by atoms with Crippen LogP contribution in [-0.2, 0) is 6.54 Å². The Bertz CT molecular complexity index is 491. The first-order valence-corrected chi connectivity index (χ1v) is 6.68. The molecule has 0 aromatic carbocycles. The first kappa shape index (κ1) is 14.5. The van der Waals surface area contributed by atoms with E-state index in [-0.39, 0.29) is 0 Å². The maximum Gasteiger partial charge on any atom is 0.274 e.